The molecule has 2 N–H and O–H groups in total. The van der Waals surface area contributed by atoms with Gasteiger partial charge in [0.1, 0.15) is 11.9 Å². The van der Waals surface area contributed by atoms with Gasteiger partial charge in [0, 0.05) is 5.38 Å². The number of hydrogen-bond donors (Lipinski definition) is 1. The van der Waals surface area contributed by atoms with Crippen molar-refractivity contribution in [1.82, 2.24) is 4.98 Å². The highest BCUT2D eigenvalue weighted by Crippen LogP contribution is 2.27. The summed E-state index contributed by atoms with van der Waals surface area (Å²) in [5, 5.41) is 2.52. The van der Waals surface area contributed by atoms with E-state index in [0.29, 0.717) is 5.13 Å². The van der Waals surface area contributed by atoms with Crippen molar-refractivity contribution in [3.63, 3.8) is 0 Å². The van der Waals surface area contributed by atoms with Gasteiger partial charge in [-0.25, -0.2) is 4.98 Å². The zero-order valence-corrected chi connectivity index (χ0v) is 11.0. The Hall–Kier alpha value is -1.55. The first kappa shape index (κ1) is 11.9. The standard InChI is InChI=1S/C13H16N2OS/c1-8-5-4-6-12(9(8)2)16-10(3)11-7-17-13(14)15-11/h4-7,10H,1-3H3,(H2,14,15). The lowest BCUT2D eigenvalue weighted by Gasteiger charge is -2.15. The van der Waals surface area contributed by atoms with E-state index in [-0.39, 0.29) is 6.10 Å². The summed E-state index contributed by atoms with van der Waals surface area (Å²) in [5.41, 5.74) is 8.90. The summed E-state index contributed by atoms with van der Waals surface area (Å²) in [5.74, 6) is 0.907. The molecule has 2 rings (SSSR count). The molecule has 0 saturated carbocycles. The molecule has 0 saturated heterocycles. The van der Waals surface area contributed by atoms with E-state index in [9.17, 15) is 0 Å². The van der Waals surface area contributed by atoms with E-state index < -0.39 is 0 Å². The van der Waals surface area contributed by atoms with Gasteiger partial charge < -0.3 is 10.5 Å². The Morgan fingerprint density at radius 1 is 1.35 bits per heavy atom. The number of nitrogens with zero attached hydrogens (tertiary/aromatic N) is 1. The monoisotopic (exact) mass is 248 g/mol. The molecule has 1 unspecified atom stereocenters. The number of aromatic nitrogens is 1. The van der Waals surface area contributed by atoms with Crippen molar-refractivity contribution in [3.05, 3.63) is 40.4 Å². The van der Waals surface area contributed by atoms with E-state index in [4.69, 9.17) is 10.5 Å². The molecule has 2 aromatic rings. The van der Waals surface area contributed by atoms with Crippen LogP contribution in [0.1, 0.15) is 29.8 Å². The summed E-state index contributed by atoms with van der Waals surface area (Å²) in [6.07, 6.45) is -0.0796. The Kier molecular flexibility index (Phi) is 3.33. The number of benzene rings is 1. The van der Waals surface area contributed by atoms with Crippen LogP contribution >= 0.6 is 11.3 Å². The molecule has 1 aromatic carbocycles. The summed E-state index contributed by atoms with van der Waals surface area (Å²) in [6, 6.07) is 6.06. The number of aryl methyl sites for hydroxylation is 1. The Labute approximate surface area is 105 Å². The molecule has 0 spiro atoms. The third-order valence-electron chi connectivity index (χ3n) is 2.81. The van der Waals surface area contributed by atoms with Gasteiger partial charge in [0.2, 0.25) is 0 Å². The van der Waals surface area contributed by atoms with E-state index in [1.165, 1.54) is 22.5 Å². The fourth-order valence-electron chi connectivity index (χ4n) is 1.59. The van der Waals surface area contributed by atoms with Crippen LogP contribution in [0.4, 0.5) is 5.13 Å². The third kappa shape index (κ3) is 2.58. The number of nitrogen functional groups attached to an aromatic ring is 1. The van der Waals surface area contributed by atoms with Crippen molar-refractivity contribution < 1.29 is 4.74 Å². The molecule has 0 aliphatic carbocycles. The van der Waals surface area contributed by atoms with Gasteiger partial charge in [-0.05, 0) is 38.0 Å². The van der Waals surface area contributed by atoms with Crippen LogP contribution in [0.15, 0.2) is 23.6 Å². The SMILES string of the molecule is Cc1cccc(OC(C)c2csc(N)n2)c1C. The van der Waals surface area contributed by atoms with Gasteiger partial charge in [-0.2, -0.15) is 0 Å². The normalized spacial score (nSPS) is 12.4. The largest absolute Gasteiger partial charge is 0.484 e. The molecule has 17 heavy (non-hydrogen) atoms. The van der Waals surface area contributed by atoms with Crippen LogP contribution in [0.3, 0.4) is 0 Å². The number of hydrogen-bond acceptors (Lipinski definition) is 4. The summed E-state index contributed by atoms with van der Waals surface area (Å²) in [7, 11) is 0. The second-order valence-corrected chi connectivity index (χ2v) is 4.96. The molecule has 1 heterocycles. The highest BCUT2D eigenvalue weighted by Gasteiger charge is 2.12. The first-order valence-electron chi connectivity index (χ1n) is 5.51. The highest BCUT2D eigenvalue weighted by molar-refractivity contribution is 7.13. The zero-order chi connectivity index (χ0) is 12.4. The lowest BCUT2D eigenvalue weighted by atomic mass is 10.1. The van der Waals surface area contributed by atoms with Crippen LogP contribution < -0.4 is 10.5 Å². The van der Waals surface area contributed by atoms with Gasteiger partial charge in [-0.3, -0.25) is 0 Å². The number of ether oxygens (including phenoxy) is 1. The second kappa shape index (κ2) is 4.75. The maximum Gasteiger partial charge on any atom is 0.180 e. The highest BCUT2D eigenvalue weighted by atomic mass is 32.1. The molecule has 1 aromatic heterocycles. The number of rotatable bonds is 3. The van der Waals surface area contributed by atoms with Crippen molar-refractivity contribution in [2.75, 3.05) is 5.73 Å². The molecular formula is C13H16N2OS. The topological polar surface area (TPSA) is 48.1 Å². The Bertz CT molecular complexity index is 522. The molecule has 90 valence electrons. The van der Waals surface area contributed by atoms with Crippen molar-refractivity contribution in [2.24, 2.45) is 0 Å². The minimum atomic E-state index is -0.0796. The third-order valence-corrected chi connectivity index (χ3v) is 3.51. The quantitative estimate of drug-likeness (QED) is 0.904. The van der Waals surface area contributed by atoms with Gasteiger partial charge in [-0.1, -0.05) is 12.1 Å². The van der Waals surface area contributed by atoms with Crippen molar-refractivity contribution in [3.8, 4) is 5.75 Å². The molecule has 0 radical (unpaired) electrons. The van der Waals surface area contributed by atoms with E-state index in [1.54, 1.807) is 0 Å². The van der Waals surface area contributed by atoms with Crippen LogP contribution in [0.5, 0.6) is 5.75 Å². The molecule has 0 bridgehead atoms. The first-order chi connectivity index (χ1) is 8.08. The van der Waals surface area contributed by atoms with Crippen molar-refractivity contribution in [2.45, 2.75) is 26.9 Å². The van der Waals surface area contributed by atoms with Gasteiger partial charge in [0.25, 0.3) is 0 Å². The molecule has 0 aliphatic heterocycles. The smallest absolute Gasteiger partial charge is 0.180 e. The van der Waals surface area contributed by atoms with Crippen LogP contribution in [-0.4, -0.2) is 4.98 Å². The predicted molar refractivity (Wildman–Crippen MR) is 71.5 cm³/mol. The van der Waals surface area contributed by atoms with Crippen LogP contribution in [0.2, 0.25) is 0 Å². The predicted octanol–water partition coefficient (Wildman–Crippen LogP) is 3.48. The second-order valence-electron chi connectivity index (χ2n) is 4.07. The van der Waals surface area contributed by atoms with Crippen LogP contribution in [0, 0.1) is 13.8 Å². The average molecular weight is 248 g/mol. The molecular weight excluding hydrogens is 232 g/mol. The Morgan fingerprint density at radius 2 is 2.12 bits per heavy atom. The maximum atomic E-state index is 5.91. The Balaban J connectivity index is 2.18. The fraction of sp³-hybridized carbons (Fsp3) is 0.308. The van der Waals surface area contributed by atoms with Crippen LogP contribution in [0.25, 0.3) is 0 Å². The molecule has 0 aliphatic rings. The Morgan fingerprint density at radius 3 is 2.76 bits per heavy atom. The summed E-state index contributed by atoms with van der Waals surface area (Å²) in [4.78, 5) is 4.23. The fourth-order valence-corrected chi connectivity index (χ4v) is 2.23. The summed E-state index contributed by atoms with van der Waals surface area (Å²) >= 11 is 1.44. The van der Waals surface area contributed by atoms with E-state index in [0.717, 1.165) is 11.4 Å². The number of nitrogens with two attached hydrogens (primary N) is 1. The summed E-state index contributed by atoms with van der Waals surface area (Å²) < 4.78 is 5.91. The van der Waals surface area contributed by atoms with Crippen LogP contribution in [-0.2, 0) is 0 Å². The molecule has 4 heteroatoms. The maximum absolute atomic E-state index is 5.91. The number of anilines is 1. The van der Waals surface area contributed by atoms with Gasteiger partial charge in [0.05, 0.1) is 5.69 Å². The van der Waals surface area contributed by atoms with Gasteiger partial charge >= 0.3 is 0 Å². The first-order valence-corrected chi connectivity index (χ1v) is 6.39. The minimum absolute atomic E-state index is 0.0796. The molecule has 0 amide bonds. The summed E-state index contributed by atoms with van der Waals surface area (Å²) in [6.45, 7) is 6.12. The minimum Gasteiger partial charge on any atom is -0.484 e. The van der Waals surface area contributed by atoms with Crippen molar-refractivity contribution >= 4 is 16.5 Å². The van der Waals surface area contributed by atoms with E-state index in [1.807, 2.05) is 24.4 Å². The lowest BCUT2D eigenvalue weighted by molar-refractivity contribution is 0.221. The molecule has 3 nitrogen and oxygen atoms in total. The molecule has 0 fully saturated rings. The van der Waals surface area contributed by atoms with Gasteiger partial charge in [0.15, 0.2) is 5.13 Å². The van der Waals surface area contributed by atoms with Crippen molar-refractivity contribution in [1.29, 1.82) is 0 Å². The van der Waals surface area contributed by atoms with E-state index in [2.05, 4.69) is 24.9 Å². The number of thiazole rings is 1. The molecule has 1 atom stereocenters. The zero-order valence-electron chi connectivity index (χ0n) is 10.2. The average Bonchev–Trinajstić information content (AvgIpc) is 2.72. The lowest BCUT2D eigenvalue weighted by Crippen LogP contribution is -2.05. The van der Waals surface area contributed by atoms with Gasteiger partial charge in [-0.15, -0.1) is 11.3 Å². The van der Waals surface area contributed by atoms with E-state index >= 15 is 0 Å².